The van der Waals surface area contributed by atoms with Crippen molar-refractivity contribution in [3.05, 3.63) is 63.6 Å². The van der Waals surface area contributed by atoms with Crippen LogP contribution in [0.1, 0.15) is 24.8 Å². The van der Waals surface area contributed by atoms with Crippen LogP contribution >= 0.6 is 27.5 Å². The molecule has 1 N–H and O–H groups in total. The van der Waals surface area contributed by atoms with Crippen LogP contribution in [-0.2, 0) is 21.2 Å². The maximum Gasteiger partial charge on any atom is 0.228 e. The topological polar surface area (TPSA) is 66.5 Å². The molecule has 156 valence electrons. The first kappa shape index (κ1) is 22.3. The smallest absolute Gasteiger partial charge is 0.228 e. The molecule has 0 aromatic heterocycles. The summed E-state index contributed by atoms with van der Waals surface area (Å²) in [4.78, 5) is 12.6. The molecule has 1 aliphatic rings. The molecule has 0 spiro atoms. The van der Waals surface area contributed by atoms with E-state index in [0.717, 1.165) is 16.5 Å². The second-order valence-corrected chi connectivity index (χ2v) is 10.6. The average molecular weight is 500 g/mol. The van der Waals surface area contributed by atoms with Crippen molar-refractivity contribution >= 4 is 49.1 Å². The van der Waals surface area contributed by atoms with E-state index in [0.29, 0.717) is 36.5 Å². The zero-order valence-electron chi connectivity index (χ0n) is 16.0. The molecule has 1 amide bonds. The standard InChI is InChI=1S/C21H24BrClN2O3S/c22-19-11-10-18(14-20(19)23)24-21(26)17-9-4-12-25(15-17)29(27,28)13-5-8-16-6-2-1-3-7-16/h1-3,6-7,10-11,14,17H,4-5,8-9,12-13,15H2,(H,24,26). The van der Waals surface area contributed by atoms with Gasteiger partial charge in [-0.2, -0.15) is 0 Å². The van der Waals surface area contributed by atoms with E-state index >= 15 is 0 Å². The molecule has 8 heteroatoms. The minimum absolute atomic E-state index is 0.0958. The number of nitrogens with one attached hydrogen (secondary N) is 1. The third-order valence-corrected chi connectivity index (χ3v) is 8.20. The van der Waals surface area contributed by atoms with Crippen LogP contribution in [0.4, 0.5) is 5.69 Å². The first-order valence-electron chi connectivity index (χ1n) is 9.63. The van der Waals surface area contributed by atoms with Gasteiger partial charge < -0.3 is 5.32 Å². The van der Waals surface area contributed by atoms with Gasteiger partial charge in [0, 0.05) is 23.2 Å². The van der Waals surface area contributed by atoms with Gasteiger partial charge in [-0.1, -0.05) is 41.9 Å². The number of halogens is 2. The second kappa shape index (κ2) is 10.1. The largest absolute Gasteiger partial charge is 0.326 e. The third kappa shape index (κ3) is 6.28. The van der Waals surface area contributed by atoms with E-state index in [1.54, 1.807) is 18.2 Å². The van der Waals surface area contributed by atoms with Gasteiger partial charge in [-0.25, -0.2) is 12.7 Å². The van der Waals surface area contributed by atoms with Crippen molar-refractivity contribution in [2.45, 2.75) is 25.7 Å². The summed E-state index contributed by atoms with van der Waals surface area (Å²) >= 11 is 9.39. The van der Waals surface area contributed by atoms with Gasteiger partial charge in [0.2, 0.25) is 15.9 Å². The second-order valence-electron chi connectivity index (χ2n) is 7.22. The van der Waals surface area contributed by atoms with E-state index in [1.165, 1.54) is 4.31 Å². The number of nitrogens with zero attached hydrogens (tertiary/aromatic N) is 1. The Bertz CT molecular complexity index is 954. The molecular formula is C21H24BrClN2O3S. The van der Waals surface area contributed by atoms with E-state index in [-0.39, 0.29) is 24.1 Å². The molecule has 0 aliphatic carbocycles. The van der Waals surface area contributed by atoms with Gasteiger partial charge in [0.25, 0.3) is 0 Å². The highest BCUT2D eigenvalue weighted by Gasteiger charge is 2.32. The average Bonchev–Trinajstić information content (AvgIpc) is 2.71. The predicted molar refractivity (Wildman–Crippen MR) is 121 cm³/mol. The van der Waals surface area contributed by atoms with Gasteiger partial charge in [0.1, 0.15) is 0 Å². The normalized spacial score (nSPS) is 17.8. The van der Waals surface area contributed by atoms with Crippen LogP contribution in [0.25, 0.3) is 0 Å². The van der Waals surface area contributed by atoms with Crippen molar-refractivity contribution in [3.8, 4) is 0 Å². The summed E-state index contributed by atoms with van der Waals surface area (Å²) < 4.78 is 27.7. The highest BCUT2D eigenvalue weighted by molar-refractivity contribution is 9.10. The molecule has 3 rings (SSSR count). The Balaban J connectivity index is 1.55. The Morgan fingerprint density at radius 1 is 1.21 bits per heavy atom. The number of amides is 1. The molecule has 2 aromatic rings. The van der Waals surface area contributed by atoms with Crippen LogP contribution in [-0.4, -0.2) is 37.5 Å². The lowest BCUT2D eigenvalue weighted by Gasteiger charge is -2.31. The first-order valence-corrected chi connectivity index (χ1v) is 12.4. The SMILES string of the molecule is O=C(Nc1ccc(Br)c(Cl)c1)C1CCCN(S(=O)(=O)CCCc2ccccc2)C1. The maximum atomic E-state index is 12.8. The quantitative estimate of drug-likeness (QED) is 0.600. The molecule has 5 nitrogen and oxygen atoms in total. The molecule has 1 heterocycles. The van der Waals surface area contributed by atoms with E-state index in [2.05, 4.69) is 21.2 Å². The van der Waals surface area contributed by atoms with E-state index < -0.39 is 10.0 Å². The van der Waals surface area contributed by atoms with Crippen LogP contribution in [0.2, 0.25) is 5.02 Å². The van der Waals surface area contributed by atoms with E-state index in [9.17, 15) is 13.2 Å². The highest BCUT2D eigenvalue weighted by Crippen LogP contribution is 2.27. The lowest BCUT2D eigenvalue weighted by molar-refractivity contribution is -0.120. The van der Waals surface area contributed by atoms with Crippen LogP contribution < -0.4 is 5.32 Å². The maximum absolute atomic E-state index is 12.8. The molecule has 29 heavy (non-hydrogen) atoms. The van der Waals surface area contributed by atoms with Gasteiger partial charge in [-0.3, -0.25) is 4.79 Å². The number of carbonyl (C=O) groups excluding carboxylic acids is 1. The number of piperidine rings is 1. The predicted octanol–water partition coefficient (Wildman–Crippen LogP) is 4.72. The Labute approximate surface area is 185 Å². The lowest BCUT2D eigenvalue weighted by atomic mass is 9.99. The van der Waals surface area contributed by atoms with Crippen LogP contribution in [0.15, 0.2) is 53.0 Å². The van der Waals surface area contributed by atoms with Crippen molar-refractivity contribution in [2.24, 2.45) is 5.92 Å². The minimum Gasteiger partial charge on any atom is -0.326 e. The highest BCUT2D eigenvalue weighted by atomic mass is 79.9. The molecule has 1 fully saturated rings. The minimum atomic E-state index is -3.38. The Hall–Kier alpha value is -1.41. The monoisotopic (exact) mass is 498 g/mol. The van der Waals surface area contributed by atoms with Crippen LogP contribution in [0.5, 0.6) is 0 Å². The third-order valence-electron chi connectivity index (χ3n) is 5.05. The molecule has 0 bridgehead atoms. The summed E-state index contributed by atoms with van der Waals surface area (Å²) in [5.41, 5.74) is 1.73. The number of rotatable bonds is 7. The van der Waals surface area contributed by atoms with Gasteiger partial charge in [-0.15, -0.1) is 0 Å². The summed E-state index contributed by atoms with van der Waals surface area (Å²) in [6, 6.07) is 15.1. The summed E-state index contributed by atoms with van der Waals surface area (Å²) in [5.74, 6) is -0.443. The molecule has 1 saturated heterocycles. The van der Waals surface area contributed by atoms with Crippen molar-refractivity contribution in [1.29, 1.82) is 0 Å². The van der Waals surface area contributed by atoms with Gasteiger partial charge in [0.15, 0.2) is 0 Å². The molecule has 1 atom stereocenters. The summed E-state index contributed by atoms with van der Waals surface area (Å²) in [6.45, 7) is 0.700. The number of benzene rings is 2. The van der Waals surface area contributed by atoms with E-state index in [1.807, 2.05) is 30.3 Å². The molecule has 1 unspecified atom stereocenters. The molecule has 0 radical (unpaired) electrons. The van der Waals surface area contributed by atoms with Crippen molar-refractivity contribution in [2.75, 3.05) is 24.2 Å². The van der Waals surface area contributed by atoms with Crippen molar-refractivity contribution in [1.82, 2.24) is 4.31 Å². The fraction of sp³-hybridized carbons (Fsp3) is 0.381. The van der Waals surface area contributed by atoms with E-state index in [4.69, 9.17) is 11.6 Å². The summed E-state index contributed by atoms with van der Waals surface area (Å²) in [6.07, 6.45) is 2.64. The number of hydrogen-bond donors (Lipinski definition) is 1. The zero-order chi connectivity index (χ0) is 20.9. The number of carbonyl (C=O) groups is 1. The van der Waals surface area contributed by atoms with Crippen LogP contribution in [0, 0.1) is 5.92 Å². The van der Waals surface area contributed by atoms with Crippen LogP contribution in [0.3, 0.4) is 0 Å². The summed E-state index contributed by atoms with van der Waals surface area (Å²) in [7, 11) is -3.38. The van der Waals surface area contributed by atoms with Crippen molar-refractivity contribution in [3.63, 3.8) is 0 Å². The first-order chi connectivity index (χ1) is 13.8. The lowest BCUT2D eigenvalue weighted by Crippen LogP contribution is -2.44. The van der Waals surface area contributed by atoms with Gasteiger partial charge in [-0.05, 0) is 65.4 Å². The molecule has 1 aliphatic heterocycles. The van der Waals surface area contributed by atoms with Gasteiger partial charge >= 0.3 is 0 Å². The Kier molecular flexibility index (Phi) is 7.73. The number of aryl methyl sites for hydroxylation is 1. The molecule has 0 saturated carbocycles. The summed E-state index contributed by atoms with van der Waals surface area (Å²) in [5, 5.41) is 3.36. The zero-order valence-corrected chi connectivity index (χ0v) is 19.1. The van der Waals surface area contributed by atoms with Crippen molar-refractivity contribution < 1.29 is 13.2 Å². The fourth-order valence-electron chi connectivity index (χ4n) is 3.46. The number of sulfonamides is 1. The Morgan fingerprint density at radius 2 is 1.97 bits per heavy atom. The van der Waals surface area contributed by atoms with Gasteiger partial charge in [0.05, 0.1) is 16.7 Å². The Morgan fingerprint density at radius 3 is 2.69 bits per heavy atom. The number of anilines is 1. The molecular weight excluding hydrogens is 476 g/mol. The number of hydrogen-bond acceptors (Lipinski definition) is 3. The fourth-order valence-corrected chi connectivity index (χ4v) is 5.47. The molecule has 2 aromatic carbocycles.